The van der Waals surface area contributed by atoms with Crippen molar-refractivity contribution in [3.63, 3.8) is 0 Å². The summed E-state index contributed by atoms with van der Waals surface area (Å²) >= 11 is 6.56. The number of pyridine rings is 1. The third kappa shape index (κ3) is 6.25. The maximum Gasteiger partial charge on any atom is 0.271 e. The van der Waals surface area contributed by atoms with Crippen LogP contribution in [0.5, 0.6) is 17.4 Å². The van der Waals surface area contributed by atoms with Crippen LogP contribution in [0.15, 0.2) is 52.2 Å². The molecule has 0 saturated carbocycles. The van der Waals surface area contributed by atoms with E-state index in [0.717, 1.165) is 33.0 Å². The molecule has 0 unspecified atom stereocenters. The van der Waals surface area contributed by atoms with Crippen LogP contribution in [0.2, 0.25) is 0 Å². The average Bonchev–Trinajstić information content (AvgIpc) is 3.24. The van der Waals surface area contributed by atoms with Crippen molar-refractivity contribution in [1.29, 1.82) is 5.26 Å². The van der Waals surface area contributed by atoms with E-state index >= 15 is 0 Å². The number of ether oxygens (including phenoxy) is 2. The summed E-state index contributed by atoms with van der Waals surface area (Å²) in [5.41, 5.74) is 1.80. The normalized spacial score (nSPS) is 13.9. The lowest BCUT2D eigenvalue weighted by Gasteiger charge is -2.17. The Hall–Kier alpha value is -4.40. The number of ketones is 1. The number of thioether (sulfide) groups is 1. The minimum Gasteiger partial charge on any atom is -0.494 e. The van der Waals surface area contributed by atoms with E-state index in [1.165, 1.54) is 26.0 Å². The number of amides is 1. The first-order valence-electron chi connectivity index (χ1n) is 13.0. The smallest absolute Gasteiger partial charge is 0.271 e. The fourth-order valence-electron chi connectivity index (χ4n) is 4.61. The molecule has 1 saturated heterocycles. The number of aryl methyl sites for hydroxylation is 2. The van der Waals surface area contributed by atoms with Crippen LogP contribution >= 0.6 is 24.0 Å². The Labute approximate surface area is 253 Å². The first-order valence-corrected chi connectivity index (χ1v) is 14.2. The first-order chi connectivity index (χ1) is 20.1. The van der Waals surface area contributed by atoms with E-state index in [-0.39, 0.29) is 42.1 Å². The third-order valence-corrected chi connectivity index (χ3v) is 8.34. The van der Waals surface area contributed by atoms with Crippen LogP contribution in [0.25, 0.3) is 6.08 Å². The van der Waals surface area contributed by atoms with Gasteiger partial charge in [0, 0.05) is 19.5 Å². The van der Waals surface area contributed by atoms with E-state index < -0.39 is 17.2 Å². The lowest BCUT2D eigenvalue weighted by atomic mass is 9.99. The second-order valence-electron chi connectivity index (χ2n) is 9.62. The Morgan fingerprint density at radius 2 is 1.76 bits per heavy atom. The van der Waals surface area contributed by atoms with Gasteiger partial charge in [-0.2, -0.15) is 5.26 Å². The number of rotatable bonds is 10. The maximum atomic E-state index is 13.4. The second kappa shape index (κ2) is 13.1. The molecule has 0 aliphatic carbocycles. The maximum absolute atomic E-state index is 13.4. The summed E-state index contributed by atoms with van der Waals surface area (Å²) in [6.07, 6.45) is 1.89. The van der Waals surface area contributed by atoms with Gasteiger partial charge in [0.1, 0.15) is 16.0 Å². The van der Waals surface area contributed by atoms with E-state index in [1.54, 1.807) is 24.3 Å². The second-order valence-corrected chi connectivity index (χ2v) is 11.3. The van der Waals surface area contributed by atoms with E-state index in [0.29, 0.717) is 27.1 Å². The van der Waals surface area contributed by atoms with Gasteiger partial charge in [-0.1, -0.05) is 59.9 Å². The predicted octanol–water partition coefficient (Wildman–Crippen LogP) is 4.78. The minimum atomic E-state index is -0.692. The number of thiocarbonyl (C=S) groups is 1. The molecule has 1 fully saturated rings. The van der Waals surface area contributed by atoms with Gasteiger partial charge in [0.05, 0.1) is 24.7 Å². The molecule has 1 N–H and O–H groups in total. The van der Waals surface area contributed by atoms with Crippen LogP contribution < -0.4 is 15.0 Å². The van der Waals surface area contributed by atoms with Crippen LogP contribution in [0.1, 0.15) is 44.6 Å². The quantitative estimate of drug-likeness (QED) is 0.198. The van der Waals surface area contributed by atoms with Crippen molar-refractivity contribution in [1.82, 2.24) is 9.47 Å². The lowest BCUT2D eigenvalue weighted by molar-refractivity contribution is -0.122. The number of hydrogen-bond acceptors (Lipinski definition) is 9. The van der Waals surface area contributed by atoms with Gasteiger partial charge in [-0.15, -0.1) is 0 Å². The number of Topliss-reactive ketones (excluding diaryl/α,β-unsaturated/α-hetero) is 1. The Bertz CT molecular complexity index is 1700. The van der Waals surface area contributed by atoms with Crippen LogP contribution in [0.4, 0.5) is 0 Å². The zero-order chi connectivity index (χ0) is 30.6. The monoisotopic (exact) mass is 603 g/mol. The van der Waals surface area contributed by atoms with Crippen molar-refractivity contribution in [3.05, 3.63) is 91.1 Å². The van der Waals surface area contributed by atoms with Crippen molar-refractivity contribution in [2.45, 2.75) is 33.2 Å². The van der Waals surface area contributed by atoms with Gasteiger partial charge in [0.2, 0.25) is 5.88 Å². The van der Waals surface area contributed by atoms with Gasteiger partial charge >= 0.3 is 0 Å². The van der Waals surface area contributed by atoms with Gasteiger partial charge in [0.25, 0.3) is 11.5 Å². The van der Waals surface area contributed by atoms with Crippen molar-refractivity contribution >= 4 is 46.1 Å². The zero-order valence-corrected chi connectivity index (χ0v) is 25.2. The molecule has 9 nitrogen and oxygen atoms in total. The summed E-state index contributed by atoms with van der Waals surface area (Å²) in [5, 5.41) is 20.8. The molecule has 42 heavy (non-hydrogen) atoms. The van der Waals surface area contributed by atoms with Crippen LogP contribution in [0, 0.1) is 25.2 Å². The molecule has 216 valence electrons. The SMILES string of the molecule is COc1ccc(CCn2c(O)c(C(=O)CCN3C(=O)/C(=C/c4ccc(C)cc4)SC3=S)c(C)c(C#N)c2=O)cc1OC. The van der Waals surface area contributed by atoms with Crippen molar-refractivity contribution in [3.8, 4) is 23.4 Å². The summed E-state index contributed by atoms with van der Waals surface area (Å²) in [4.78, 5) is 41.3. The number of benzene rings is 2. The summed E-state index contributed by atoms with van der Waals surface area (Å²) in [7, 11) is 3.04. The average molecular weight is 604 g/mol. The van der Waals surface area contributed by atoms with Gasteiger partial charge < -0.3 is 14.6 Å². The van der Waals surface area contributed by atoms with E-state index in [2.05, 4.69) is 0 Å². The summed E-state index contributed by atoms with van der Waals surface area (Å²) in [5.74, 6) is -0.293. The Morgan fingerprint density at radius 3 is 2.40 bits per heavy atom. The molecule has 1 aliphatic rings. The highest BCUT2D eigenvalue weighted by Gasteiger charge is 2.33. The Kier molecular flexibility index (Phi) is 9.50. The number of methoxy groups -OCH3 is 2. The standard InChI is InChI=1S/C31H29N3O6S2/c1-18-5-7-20(8-6-18)16-26-29(37)34(31(41)42-26)14-12-23(35)27-19(2)22(17-32)28(36)33(30(27)38)13-11-21-9-10-24(39-3)25(15-21)40-4/h5-10,15-16,38H,11-14H2,1-4H3/b26-16-. The van der Waals surface area contributed by atoms with E-state index in [9.17, 15) is 24.8 Å². The molecule has 1 aliphatic heterocycles. The Morgan fingerprint density at radius 1 is 1.07 bits per heavy atom. The number of nitriles is 1. The van der Waals surface area contributed by atoms with Gasteiger partial charge in [-0.05, 0) is 55.2 Å². The molecule has 3 aromatic rings. The fourth-order valence-corrected chi connectivity index (χ4v) is 5.92. The summed E-state index contributed by atoms with van der Waals surface area (Å²) < 4.78 is 11.9. The molecule has 2 heterocycles. The molecule has 2 aromatic carbocycles. The van der Waals surface area contributed by atoms with Crippen LogP contribution in [-0.2, 0) is 17.8 Å². The third-order valence-electron chi connectivity index (χ3n) is 6.96. The number of nitrogens with zero attached hydrogens (tertiary/aromatic N) is 3. The van der Waals surface area contributed by atoms with E-state index in [1.807, 2.05) is 37.3 Å². The number of aromatic hydroxyl groups is 1. The predicted molar refractivity (Wildman–Crippen MR) is 165 cm³/mol. The highest BCUT2D eigenvalue weighted by molar-refractivity contribution is 8.26. The zero-order valence-electron chi connectivity index (χ0n) is 23.6. The topological polar surface area (TPSA) is 122 Å². The molecular formula is C31H29N3O6S2. The Balaban J connectivity index is 1.55. The molecular weight excluding hydrogens is 574 g/mol. The van der Waals surface area contributed by atoms with Gasteiger partial charge in [-0.3, -0.25) is 23.9 Å². The highest BCUT2D eigenvalue weighted by atomic mass is 32.2. The van der Waals surface area contributed by atoms with E-state index in [4.69, 9.17) is 21.7 Å². The number of carbonyl (C=O) groups excluding carboxylic acids is 2. The molecule has 11 heteroatoms. The number of hydrogen-bond donors (Lipinski definition) is 1. The first kappa shape index (κ1) is 30.6. The summed E-state index contributed by atoms with van der Waals surface area (Å²) in [6, 6.07) is 14.9. The molecule has 1 amide bonds. The fraction of sp³-hybridized carbons (Fsp3) is 0.258. The molecule has 0 bridgehead atoms. The van der Waals surface area contributed by atoms with Crippen molar-refractivity contribution < 1.29 is 24.2 Å². The molecule has 4 rings (SSSR count). The van der Waals surface area contributed by atoms with Crippen LogP contribution in [-0.4, -0.2) is 51.3 Å². The van der Waals surface area contributed by atoms with Gasteiger partial charge in [-0.25, -0.2) is 0 Å². The van der Waals surface area contributed by atoms with Crippen molar-refractivity contribution in [2.75, 3.05) is 20.8 Å². The molecule has 1 aromatic heterocycles. The lowest BCUT2D eigenvalue weighted by Crippen LogP contribution is -2.31. The molecule has 0 spiro atoms. The number of aromatic nitrogens is 1. The highest BCUT2D eigenvalue weighted by Crippen LogP contribution is 2.33. The number of carbonyl (C=O) groups is 2. The van der Waals surface area contributed by atoms with Crippen molar-refractivity contribution in [2.24, 2.45) is 0 Å². The largest absolute Gasteiger partial charge is 0.494 e. The van der Waals surface area contributed by atoms with Gasteiger partial charge in [0.15, 0.2) is 17.3 Å². The minimum absolute atomic E-state index is 0.00783. The van der Waals surface area contributed by atoms with Crippen LogP contribution in [0.3, 0.4) is 0 Å². The molecule has 0 atom stereocenters. The molecule has 0 radical (unpaired) electrons. The summed E-state index contributed by atoms with van der Waals surface area (Å²) in [6.45, 7) is 3.42.